The van der Waals surface area contributed by atoms with E-state index < -0.39 is 0 Å². The van der Waals surface area contributed by atoms with E-state index in [1.54, 1.807) is 26.2 Å². The highest BCUT2D eigenvalue weighted by molar-refractivity contribution is 5.82. The number of rotatable bonds is 4. The van der Waals surface area contributed by atoms with Gasteiger partial charge in [0.1, 0.15) is 11.6 Å². The van der Waals surface area contributed by atoms with Gasteiger partial charge in [-0.2, -0.15) is 0 Å². The van der Waals surface area contributed by atoms with Gasteiger partial charge in [0.2, 0.25) is 0 Å². The Bertz CT molecular complexity index is 1030. The van der Waals surface area contributed by atoms with Crippen molar-refractivity contribution < 1.29 is 9.13 Å². The summed E-state index contributed by atoms with van der Waals surface area (Å²) < 4.78 is 21.9. The number of nitrogens with zero attached hydrogens (tertiary/aromatic N) is 1. The summed E-state index contributed by atoms with van der Waals surface area (Å²) in [6.45, 7) is 11.8. The van der Waals surface area contributed by atoms with Crippen LogP contribution >= 0.6 is 0 Å². The van der Waals surface area contributed by atoms with E-state index in [2.05, 4.69) is 18.4 Å². The van der Waals surface area contributed by atoms with Crippen LogP contribution in [-0.4, -0.2) is 11.7 Å². The van der Waals surface area contributed by atoms with Crippen LogP contribution in [0.5, 0.6) is 5.75 Å². The van der Waals surface area contributed by atoms with Gasteiger partial charge >= 0.3 is 0 Å². The van der Waals surface area contributed by atoms with Gasteiger partial charge in [0.05, 0.1) is 12.6 Å². The Morgan fingerprint density at radius 3 is 2.52 bits per heavy atom. The molecule has 0 aliphatic heterocycles. The molecule has 1 aliphatic carbocycles. The van der Waals surface area contributed by atoms with Gasteiger partial charge in [-0.3, -0.25) is 4.79 Å². The van der Waals surface area contributed by atoms with E-state index in [0.29, 0.717) is 22.9 Å². The predicted octanol–water partition coefficient (Wildman–Crippen LogP) is 6.45. The van der Waals surface area contributed by atoms with Crippen molar-refractivity contribution in [2.45, 2.75) is 54.0 Å². The molecule has 1 unspecified atom stereocenters. The number of aryl methyl sites for hydroxylation is 1. The highest BCUT2D eigenvalue weighted by Gasteiger charge is 2.16. The summed E-state index contributed by atoms with van der Waals surface area (Å²) in [7, 11) is 1.63. The van der Waals surface area contributed by atoms with Crippen molar-refractivity contribution in [1.29, 1.82) is 0 Å². The first kappa shape index (κ1) is 22.7. The summed E-state index contributed by atoms with van der Waals surface area (Å²) in [5.74, 6) is 0.418. The van der Waals surface area contributed by atoms with Crippen LogP contribution in [0.1, 0.15) is 51.8 Å². The zero-order valence-electron chi connectivity index (χ0n) is 18.5. The molecule has 0 bridgehead atoms. The van der Waals surface area contributed by atoms with Gasteiger partial charge in [0.25, 0.3) is 0 Å². The Morgan fingerprint density at radius 2 is 1.90 bits per heavy atom. The molecule has 4 heteroatoms. The molecule has 3 nitrogen and oxygen atoms in total. The van der Waals surface area contributed by atoms with Crippen molar-refractivity contribution in [2.24, 2.45) is 5.92 Å². The Kier molecular flexibility index (Phi) is 7.60. The van der Waals surface area contributed by atoms with Gasteiger partial charge in [-0.1, -0.05) is 32.1 Å². The number of fused-ring (bicyclic) bond motifs is 1. The maximum Gasteiger partial charge on any atom is 0.192 e. The number of allylic oxidation sites excluding steroid dienone is 6. The molecule has 0 amide bonds. The second-order valence-corrected chi connectivity index (χ2v) is 7.44. The number of methoxy groups -OCH3 is 1. The smallest absolute Gasteiger partial charge is 0.192 e. The molecule has 2 aromatic rings. The van der Waals surface area contributed by atoms with E-state index >= 15 is 0 Å². The Morgan fingerprint density at radius 1 is 1.21 bits per heavy atom. The van der Waals surface area contributed by atoms with Gasteiger partial charge < -0.3 is 9.30 Å². The molecule has 3 rings (SSSR count). The van der Waals surface area contributed by atoms with Crippen LogP contribution in [0.25, 0.3) is 10.9 Å². The number of ether oxygens (including phenoxy) is 1. The average molecular weight is 398 g/mol. The molecule has 1 atom stereocenters. The van der Waals surface area contributed by atoms with Crippen LogP contribution < -0.4 is 10.2 Å². The van der Waals surface area contributed by atoms with E-state index in [-0.39, 0.29) is 23.2 Å². The number of hydrogen-bond donors (Lipinski definition) is 0. The third-order valence-electron chi connectivity index (χ3n) is 5.07. The minimum Gasteiger partial charge on any atom is -0.496 e. The van der Waals surface area contributed by atoms with Gasteiger partial charge in [0, 0.05) is 35.2 Å². The number of pyridine rings is 1. The van der Waals surface area contributed by atoms with Crippen LogP contribution in [0.2, 0.25) is 0 Å². The topological polar surface area (TPSA) is 31.2 Å². The third-order valence-corrected chi connectivity index (χ3v) is 5.07. The normalized spacial score (nSPS) is 16.1. The maximum absolute atomic E-state index is 14.2. The molecule has 0 saturated heterocycles. The van der Waals surface area contributed by atoms with E-state index in [1.807, 2.05) is 51.3 Å². The molecular formula is C25H32FNO2. The first-order valence-corrected chi connectivity index (χ1v) is 10.3. The van der Waals surface area contributed by atoms with Crippen molar-refractivity contribution in [2.75, 3.05) is 7.11 Å². The predicted molar refractivity (Wildman–Crippen MR) is 121 cm³/mol. The second kappa shape index (κ2) is 9.73. The minimum atomic E-state index is -0.206. The highest BCUT2D eigenvalue weighted by atomic mass is 19.1. The van der Waals surface area contributed by atoms with E-state index in [0.717, 1.165) is 16.8 Å². The second-order valence-electron chi connectivity index (χ2n) is 7.44. The third kappa shape index (κ3) is 4.87. The van der Waals surface area contributed by atoms with E-state index in [1.165, 1.54) is 0 Å². The van der Waals surface area contributed by atoms with Crippen LogP contribution in [-0.2, 0) is 6.42 Å². The molecular weight excluding hydrogens is 365 g/mol. The Balaban J connectivity index is 0.00000145. The lowest BCUT2D eigenvalue weighted by atomic mass is 9.95. The first-order valence-electron chi connectivity index (χ1n) is 10.3. The molecule has 1 heterocycles. The maximum atomic E-state index is 14.2. The lowest BCUT2D eigenvalue weighted by Gasteiger charge is -2.19. The standard InChI is InChI=1S/C23H26FNO2.C2H6/c1-14(2)25-13-16(4)23(26)19-11-18(22(27-5)12-21(19)25)9-17-8-6-7-15(3)20(24)10-17;1-2/h6-8,10-14,17H,9H2,1-5H3;1-2H3. The molecule has 29 heavy (non-hydrogen) atoms. The zero-order valence-corrected chi connectivity index (χ0v) is 18.5. The minimum absolute atomic E-state index is 0.0291. The fourth-order valence-electron chi connectivity index (χ4n) is 3.51. The summed E-state index contributed by atoms with van der Waals surface area (Å²) in [5.41, 5.74) is 3.13. The molecule has 0 fully saturated rings. The lowest BCUT2D eigenvalue weighted by Crippen LogP contribution is -2.14. The fourth-order valence-corrected chi connectivity index (χ4v) is 3.51. The highest BCUT2D eigenvalue weighted by Crippen LogP contribution is 2.30. The van der Waals surface area contributed by atoms with Gasteiger partial charge in [0.15, 0.2) is 5.43 Å². The number of halogens is 1. The summed E-state index contributed by atoms with van der Waals surface area (Å²) >= 11 is 0. The molecule has 0 spiro atoms. The first-order chi connectivity index (χ1) is 13.8. The monoisotopic (exact) mass is 397 g/mol. The summed E-state index contributed by atoms with van der Waals surface area (Å²) in [4.78, 5) is 12.7. The van der Waals surface area contributed by atoms with Crippen LogP contribution in [0.15, 0.2) is 58.8 Å². The number of hydrogen-bond acceptors (Lipinski definition) is 2. The van der Waals surface area contributed by atoms with Crippen molar-refractivity contribution in [3.8, 4) is 5.75 Å². The van der Waals surface area contributed by atoms with Crippen molar-refractivity contribution in [3.05, 3.63) is 75.4 Å². The summed E-state index contributed by atoms with van der Waals surface area (Å²) in [5, 5.41) is 0.677. The number of aromatic nitrogens is 1. The lowest BCUT2D eigenvalue weighted by molar-refractivity contribution is 0.408. The fraction of sp³-hybridized carbons (Fsp3) is 0.400. The molecule has 0 saturated carbocycles. The summed E-state index contributed by atoms with van der Waals surface area (Å²) in [6, 6.07) is 4.06. The zero-order chi connectivity index (χ0) is 21.7. The quantitative estimate of drug-likeness (QED) is 0.593. The number of benzene rings is 1. The van der Waals surface area contributed by atoms with Gasteiger partial charge in [-0.05, 0) is 57.4 Å². The van der Waals surface area contributed by atoms with E-state index in [9.17, 15) is 9.18 Å². The van der Waals surface area contributed by atoms with Crippen LogP contribution in [0.3, 0.4) is 0 Å². The van der Waals surface area contributed by atoms with Crippen LogP contribution in [0.4, 0.5) is 4.39 Å². The van der Waals surface area contributed by atoms with E-state index in [4.69, 9.17) is 4.74 Å². The summed E-state index contributed by atoms with van der Waals surface area (Å²) in [6.07, 6.45) is 9.72. The molecule has 156 valence electrons. The molecule has 1 aliphatic rings. The molecule has 1 aromatic carbocycles. The van der Waals surface area contributed by atoms with Crippen molar-refractivity contribution in [1.82, 2.24) is 4.57 Å². The average Bonchev–Trinajstić information content (AvgIpc) is 2.86. The Labute approximate surface area is 173 Å². The molecule has 0 N–H and O–H groups in total. The Hall–Kier alpha value is -2.62. The van der Waals surface area contributed by atoms with Gasteiger partial charge in [-0.15, -0.1) is 0 Å². The van der Waals surface area contributed by atoms with Crippen molar-refractivity contribution in [3.63, 3.8) is 0 Å². The van der Waals surface area contributed by atoms with Crippen molar-refractivity contribution >= 4 is 10.9 Å². The molecule has 0 radical (unpaired) electrons. The van der Waals surface area contributed by atoms with Crippen LogP contribution in [0, 0.1) is 12.8 Å². The SMILES string of the molecule is CC.COc1cc2c(cc1CC1C=CC=C(C)C(F)=C1)c(=O)c(C)cn2C(C)C. The van der Waals surface area contributed by atoms with Gasteiger partial charge in [-0.25, -0.2) is 4.39 Å². The largest absolute Gasteiger partial charge is 0.496 e. The molecule has 1 aromatic heterocycles.